The molecule has 0 aliphatic rings. The van der Waals surface area contributed by atoms with Gasteiger partial charge in [-0.2, -0.15) is 0 Å². The Bertz CT molecular complexity index is 128. The molecule has 0 aromatic heterocycles. The maximum absolute atomic E-state index is 10.4. The fourth-order valence-corrected chi connectivity index (χ4v) is 1.65. The van der Waals surface area contributed by atoms with E-state index < -0.39 is 13.9 Å². The van der Waals surface area contributed by atoms with Gasteiger partial charge in [0.25, 0.3) is 0 Å². The van der Waals surface area contributed by atoms with Gasteiger partial charge in [0.05, 0.1) is 5.60 Å². The minimum atomic E-state index is -2.86. The van der Waals surface area contributed by atoms with Crippen LogP contribution in [-0.4, -0.2) is 17.0 Å². The largest absolute Gasteiger partial charge is 0.328 e. The van der Waals surface area contributed by atoms with Crippen LogP contribution in [0.15, 0.2) is 0 Å². The summed E-state index contributed by atoms with van der Waals surface area (Å²) in [6, 6.07) is 0. The van der Waals surface area contributed by atoms with Crippen LogP contribution < -0.4 is 5.73 Å². The second-order valence-corrected chi connectivity index (χ2v) is 3.20. The van der Waals surface area contributed by atoms with Gasteiger partial charge in [0, 0.05) is 6.54 Å². The molecule has 1 unspecified atom stereocenters. The van der Waals surface area contributed by atoms with Crippen LogP contribution in [-0.2, 0) is 9.09 Å². The Labute approximate surface area is 67.7 Å². The highest BCUT2D eigenvalue weighted by Crippen LogP contribution is 2.30. The highest BCUT2D eigenvalue weighted by molar-refractivity contribution is 7.32. The lowest BCUT2D eigenvalue weighted by Crippen LogP contribution is -2.37. The maximum Gasteiger partial charge on any atom is 0.317 e. The summed E-state index contributed by atoms with van der Waals surface area (Å²) >= 11 is 0. The molecular formula is C6H16NO3P. The van der Waals surface area contributed by atoms with E-state index >= 15 is 0 Å². The molecule has 0 radical (unpaired) electrons. The molecule has 0 heterocycles. The van der Waals surface area contributed by atoms with Gasteiger partial charge in [-0.3, -0.25) is 4.57 Å². The molecule has 0 aromatic carbocycles. The van der Waals surface area contributed by atoms with E-state index in [2.05, 4.69) is 0 Å². The molecule has 0 amide bonds. The second-order valence-electron chi connectivity index (χ2n) is 2.46. The summed E-state index contributed by atoms with van der Waals surface area (Å²) in [4.78, 5) is 8.55. The Morgan fingerprint density at radius 3 is 2.09 bits per heavy atom. The van der Waals surface area contributed by atoms with Crippen molar-refractivity contribution in [1.29, 1.82) is 0 Å². The van der Waals surface area contributed by atoms with Gasteiger partial charge < -0.3 is 15.2 Å². The molecule has 5 heteroatoms. The molecule has 0 saturated heterocycles. The molecular weight excluding hydrogens is 165 g/mol. The first-order chi connectivity index (χ1) is 5.10. The lowest BCUT2D eigenvalue weighted by molar-refractivity contribution is 0.0652. The van der Waals surface area contributed by atoms with Crippen LogP contribution in [0, 0.1) is 0 Å². The van der Waals surface area contributed by atoms with E-state index in [1.807, 2.05) is 13.8 Å². The summed E-state index contributed by atoms with van der Waals surface area (Å²) in [5, 5.41) is 0. The van der Waals surface area contributed by atoms with E-state index in [1.165, 1.54) is 0 Å². The van der Waals surface area contributed by atoms with E-state index in [0.29, 0.717) is 12.8 Å². The number of nitrogens with two attached hydrogens (primary N) is 1. The van der Waals surface area contributed by atoms with Crippen molar-refractivity contribution in [2.75, 3.05) is 6.54 Å². The van der Waals surface area contributed by atoms with Gasteiger partial charge >= 0.3 is 8.25 Å². The number of rotatable bonds is 5. The Morgan fingerprint density at radius 2 is 2.00 bits per heavy atom. The molecule has 0 rings (SSSR count). The number of hydrogen-bond donors (Lipinski definition) is 2. The highest BCUT2D eigenvalue weighted by Gasteiger charge is 2.26. The van der Waals surface area contributed by atoms with Crippen LogP contribution in [0.25, 0.3) is 0 Å². The minimum Gasteiger partial charge on any atom is -0.328 e. The van der Waals surface area contributed by atoms with Gasteiger partial charge in [-0.1, -0.05) is 13.8 Å². The van der Waals surface area contributed by atoms with Crippen molar-refractivity contribution in [3.05, 3.63) is 0 Å². The highest BCUT2D eigenvalue weighted by atomic mass is 31.1. The van der Waals surface area contributed by atoms with Crippen molar-refractivity contribution in [3.63, 3.8) is 0 Å². The van der Waals surface area contributed by atoms with Crippen LogP contribution in [0.3, 0.4) is 0 Å². The molecule has 11 heavy (non-hydrogen) atoms. The van der Waals surface area contributed by atoms with Gasteiger partial charge in [-0.15, -0.1) is 0 Å². The van der Waals surface area contributed by atoms with Crippen LogP contribution in [0.5, 0.6) is 0 Å². The van der Waals surface area contributed by atoms with E-state index in [0.717, 1.165) is 0 Å². The zero-order chi connectivity index (χ0) is 8.91. The third-order valence-electron chi connectivity index (χ3n) is 1.96. The number of hydrogen-bond acceptors (Lipinski definition) is 3. The standard InChI is InChI=1S/C6H16NO3P/c1-3-6(4-2,5-7)10-11(8)9/h11H,3-5,7H2,1-2H3,(H,8,9). The maximum atomic E-state index is 10.4. The van der Waals surface area contributed by atoms with Crippen LogP contribution >= 0.6 is 8.25 Å². The van der Waals surface area contributed by atoms with E-state index in [-0.39, 0.29) is 6.54 Å². The van der Waals surface area contributed by atoms with E-state index in [1.54, 1.807) is 0 Å². The Morgan fingerprint density at radius 1 is 1.55 bits per heavy atom. The van der Waals surface area contributed by atoms with Crippen LogP contribution in [0.2, 0.25) is 0 Å². The van der Waals surface area contributed by atoms with Gasteiger partial charge in [0.2, 0.25) is 0 Å². The van der Waals surface area contributed by atoms with Crippen molar-refractivity contribution < 1.29 is 14.0 Å². The third-order valence-corrected chi connectivity index (χ3v) is 2.57. The van der Waals surface area contributed by atoms with Gasteiger partial charge in [0.1, 0.15) is 0 Å². The monoisotopic (exact) mass is 181 g/mol. The van der Waals surface area contributed by atoms with Crippen molar-refractivity contribution in [3.8, 4) is 0 Å². The predicted molar refractivity (Wildman–Crippen MR) is 44.7 cm³/mol. The molecule has 3 N–H and O–H groups in total. The normalized spacial score (nSPS) is 14.9. The molecule has 0 aliphatic heterocycles. The quantitative estimate of drug-likeness (QED) is 0.618. The lowest BCUT2D eigenvalue weighted by atomic mass is 9.98. The molecule has 0 bridgehead atoms. The summed E-state index contributed by atoms with van der Waals surface area (Å²) in [5.41, 5.74) is 4.83. The van der Waals surface area contributed by atoms with Crippen molar-refractivity contribution in [2.24, 2.45) is 5.73 Å². The van der Waals surface area contributed by atoms with Gasteiger partial charge in [-0.25, -0.2) is 0 Å². The first-order valence-electron chi connectivity index (χ1n) is 3.72. The lowest BCUT2D eigenvalue weighted by Gasteiger charge is -2.28. The molecule has 0 aliphatic carbocycles. The zero-order valence-electron chi connectivity index (χ0n) is 6.96. The average molecular weight is 181 g/mol. The SMILES string of the molecule is CCC(CC)(CN)O[PH](=O)O. The van der Waals surface area contributed by atoms with E-state index in [4.69, 9.17) is 15.2 Å². The fourth-order valence-electron chi connectivity index (χ4n) is 0.910. The second kappa shape index (κ2) is 4.88. The Balaban J connectivity index is 4.16. The molecule has 0 saturated carbocycles. The molecule has 68 valence electrons. The molecule has 4 nitrogen and oxygen atoms in total. The molecule has 0 aromatic rings. The molecule has 0 spiro atoms. The van der Waals surface area contributed by atoms with Gasteiger partial charge in [-0.05, 0) is 12.8 Å². The topological polar surface area (TPSA) is 72.5 Å². The van der Waals surface area contributed by atoms with Crippen LogP contribution in [0.4, 0.5) is 0 Å². The Hall–Kier alpha value is 0.110. The summed E-state index contributed by atoms with van der Waals surface area (Å²) in [6.45, 7) is 4.07. The summed E-state index contributed by atoms with van der Waals surface area (Å²) in [6.07, 6.45) is 1.33. The first kappa shape index (κ1) is 11.1. The smallest absolute Gasteiger partial charge is 0.317 e. The average Bonchev–Trinajstić information content (AvgIpc) is 2.00. The van der Waals surface area contributed by atoms with Crippen molar-refractivity contribution in [2.45, 2.75) is 32.3 Å². The Kier molecular flexibility index (Phi) is 4.93. The molecule has 0 fully saturated rings. The van der Waals surface area contributed by atoms with Gasteiger partial charge in [0.15, 0.2) is 0 Å². The predicted octanol–water partition coefficient (Wildman–Crippen LogP) is 0.902. The van der Waals surface area contributed by atoms with E-state index in [9.17, 15) is 4.57 Å². The molecule has 1 atom stereocenters. The summed E-state index contributed by atoms with van der Waals surface area (Å²) < 4.78 is 15.3. The third kappa shape index (κ3) is 3.34. The van der Waals surface area contributed by atoms with Crippen LogP contribution in [0.1, 0.15) is 26.7 Å². The summed E-state index contributed by atoms with van der Waals surface area (Å²) in [5.74, 6) is 0. The minimum absolute atomic E-state index is 0.289. The van der Waals surface area contributed by atoms with Crippen molar-refractivity contribution in [1.82, 2.24) is 0 Å². The van der Waals surface area contributed by atoms with Crippen molar-refractivity contribution >= 4 is 8.25 Å². The fraction of sp³-hybridized carbons (Fsp3) is 1.00. The first-order valence-corrected chi connectivity index (χ1v) is 4.98. The zero-order valence-corrected chi connectivity index (χ0v) is 7.96. The summed E-state index contributed by atoms with van der Waals surface area (Å²) in [7, 11) is -2.86.